The highest BCUT2D eigenvalue weighted by molar-refractivity contribution is 6.42. The molecule has 0 saturated heterocycles. The number of carbonyl (C=O) groups excluding carboxylic acids is 1. The van der Waals surface area contributed by atoms with Crippen molar-refractivity contribution in [1.29, 1.82) is 0 Å². The van der Waals surface area contributed by atoms with Gasteiger partial charge in [0.2, 0.25) is 5.91 Å². The van der Waals surface area contributed by atoms with E-state index in [9.17, 15) is 19.5 Å². The largest absolute Gasteiger partial charge is 0.388 e. The summed E-state index contributed by atoms with van der Waals surface area (Å²) in [5.41, 5.74) is -0.418. The number of amides is 1. The number of hydrogen-bond acceptors (Lipinski definition) is 5. The Bertz CT molecular complexity index is 1260. The molecular weight excluding hydrogens is 457 g/mol. The second-order valence-corrected chi connectivity index (χ2v) is 8.18. The summed E-state index contributed by atoms with van der Waals surface area (Å²) in [5, 5.41) is 13.0. The van der Waals surface area contributed by atoms with Crippen LogP contribution in [0.4, 0.5) is 5.69 Å². The van der Waals surface area contributed by atoms with E-state index in [1.165, 1.54) is 16.7 Å². The fourth-order valence-corrected chi connectivity index (χ4v) is 3.79. The summed E-state index contributed by atoms with van der Waals surface area (Å²) in [4.78, 5) is 43.5. The number of aromatic nitrogens is 4. The van der Waals surface area contributed by atoms with Gasteiger partial charge in [-0.3, -0.25) is 14.2 Å². The van der Waals surface area contributed by atoms with Crippen LogP contribution in [0.15, 0.2) is 27.8 Å². The molecular formula is C21H25Cl2N5O4. The number of anilines is 1. The molecule has 2 aromatic heterocycles. The lowest BCUT2D eigenvalue weighted by molar-refractivity contribution is -0.116. The van der Waals surface area contributed by atoms with Crippen LogP contribution in [0.3, 0.4) is 0 Å². The molecule has 1 amide bonds. The van der Waals surface area contributed by atoms with E-state index < -0.39 is 23.7 Å². The molecule has 11 heteroatoms. The molecule has 0 atom stereocenters. The van der Waals surface area contributed by atoms with Crippen molar-refractivity contribution in [2.75, 3.05) is 5.32 Å². The van der Waals surface area contributed by atoms with Gasteiger partial charge in [-0.25, -0.2) is 14.3 Å². The highest BCUT2D eigenvalue weighted by atomic mass is 35.5. The molecule has 3 aromatic rings. The fourth-order valence-electron chi connectivity index (χ4n) is 3.50. The number of benzene rings is 1. The van der Waals surface area contributed by atoms with Gasteiger partial charge in [-0.05, 0) is 31.0 Å². The van der Waals surface area contributed by atoms with Gasteiger partial charge in [0.05, 0.1) is 10.0 Å². The van der Waals surface area contributed by atoms with Gasteiger partial charge in [-0.15, -0.1) is 0 Å². The molecule has 0 saturated carbocycles. The number of rotatable bonds is 9. The van der Waals surface area contributed by atoms with E-state index in [0.29, 0.717) is 42.5 Å². The summed E-state index contributed by atoms with van der Waals surface area (Å²) in [6.07, 6.45) is 2.22. The molecule has 0 spiro atoms. The highest BCUT2D eigenvalue weighted by Gasteiger charge is 2.22. The van der Waals surface area contributed by atoms with Crippen LogP contribution in [0, 0.1) is 0 Å². The lowest BCUT2D eigenvalue weighted by atomic mass is 10.3. The van der Waals surface area contributed by atoms with Gasteiger partial charge in [0.25, 0.3) is 5.56 Å². The van der Waals surface area contributed by atoms with Crippen molar-refractivity contribution in [3.63, 3.8) is 0 Å². The zero-order valence-electron chi connectivity index (χ0n) is 17.9. The average molecular weight is 482 g/mol. The first-order valence-corrected chi connectivity index (χ1v) is 11.2. The molecule has 1 aromatic carbocycles. The number of unbranched alkanes of at least 4 members (excludes halogenated alkanes) is 1. The van der Waals surface area contributed by atoms with Crippen LogP contribution < -0.4 is 16.6 Å². The number of nitrogens with zero attached hydrogens (tertiary/aromatic N) is 4. The lowest BCUT2D eigenvalue weighted by Gasteiger charge is -2.13. The number of aliphatic hydroxyl groups excluding tert-OH is 1. The maximum Gasteiger partial charge on any atom is 0.333 e. The maximum atomic E-state index is 13.3. The van der Waals surface area contributed by atoms with Gasteiger partial charge in [0.1, 0.15) is 19.0 Å². The second-order valence-electron chi connectivity index (χ2n) is 7.37. The number of carbonyl (C=O) groups is 1. The normalized spacial score (nSPS) is 11.3. The van der Waals surface area contributed by atoms with Crippen molar-refractivity contribution in [1.82, 2.24) is 18.7 Å². The minimum atomic E-state index is -0.623. The quantitative estimate of drug-likeness (QED) is 0.487. The van der Waals surface area contributed by atoms with Crippen LogP contribution in [0.1, 0.15) is 38.9 Å². The van der Waals surface area contributed by atoms with Gasteiger partial charge in [0, 0.05) is 18.8 Å². The number of nitrogens with one attached hydrogen (secondary N) is 1. The SMILES string of the molecule is CCCCn1c(=O)n(CC(=O)Nc2ccc(Cl)c(Cl)c2)c(=O)c2c1nc(CO)n2CCC. The molecule has 2 heterocycles. The molecule has 0 unspecified atom stereocenters. The van der Waals surface area contributed by atoms with Crippen LogP contribution in [0.25, 0.3) is 11.2 Å². The number of hydrogen-bond donors (Lipinski definition) is 2. The molecule has 0 radical (unpaired) electrons. The van der Waals surface area contributed by atoms with Gasteiger partial charge in [-0.1, -0.05) is 43.5 Å². The Morgan fingerprint density at radius 2 is 1.81 bits per heavy atom. The van der Waals surface area contributed by atoms with Gasteiger partial charge >= 0.3 is 5.69 Å². The standard InChI is InChI=1S/C21H25Cl2N5O4/c1-3-5-9-27-19-18(26(8-4-2)16(12-29)25-19)20(31)28(21(27)32)11-17(30)24-13-6-7-14(22)15(23)10-13/h6-7,10,29H,3-5,8-9,11-12H2,1-2H3,(H,24,30). The Morgan fingerprint density at radius 3 is 2.44 bits per heavy atom. The Kier molecular flexibility index (Phi) is 7.76. The summed E-state index contributed by atoms with van der Waals surface area (Å²) < 4.78 is 3.92. The number of aryl methyl sites for hydroxylation is 2. The minimum absolute atomic E-state index is 0.203. The van der Waals surface area contributed by atoms with Crippen molar-refractivity contribution in [2.24, 2.45) is 0 Å². The van der Waals surface area contributed by atoms with Crippen LogP contribution in [0.5, 0.6) is 0 Å². The van der Waals surface area contributed by atoms with E-state index in [-0.39, 0.29) is 22.8 Å². The predicted molar refractivity (Wildman–Crippen MR) is 124 cm³/mol. The van der Waals surface area contributed by atoms with E-state index in [1.807, 2.05) is 13.8 Å². The van der Waals surface area contributed by atoms with E-state index >= 15 is 0 Å². The molecule has 3 rings (SSSR count). The average Bonchev–Trinajstić information content (AvgIpc) is 3.12. The van der Waals surface area contributed by atoms with E-state index in [4.69, 9.17) is 23.2 Å². The Balaban J connectivity index is 2.09. The van der Waals surface area contributed by atoms with Gasteiger partial charge in [0.15, 0.2) is 11.2 Å². The van der Waals surface area contributed by atoms with E-state index in [1.54, 1.807) is 10.6 Å². The van der Waals surface area contributed by atoms with Crippen LogP contribution in [0.2, 0.25) is 10.0 Å². The molecule has 32 heavy (non-hydrogen) atoms. The molecule has 9 nitrogen and oxygen atoms in total. The molecule has 0 fully saturated rings. The topological polar surface area (TPSA) is 111 Å². The Morgan fingerprint density at radius 1 is 1.06 bits per heavy atom. The smallest absolute Gasteiger partial charge is 0.333 e. The summed E-state index contributed by atoms with van der Waals surface area (Å²) in [6, 6.07) is 4.59. The highest BCUT2D eigenvalue weighted by Crippen LogP contribution is 2.25. The number of imidazole rings is 1. The first-order valence-electron chi connectivity index (χ1n) is 10.4. The number of halogens is 2. The predicted octanol–water partition coefficient (Wildman–Crippen LogP) is 3.01. The third-order valence-corrected chi connectivity index (χ3v) is 5.76. The zero-order chi connectivity index (χ0) is 23.4. The van der Waals surface area contributed by atoms with Crippen molar-refractivity contribution < 1.29 is 9.90 Å². The maximum absolute atomic E-state index is 13.3. The first kappa shape index (κ1) is 24.0. The van der Waals surface area contributed by atoms with Gasteiger partial charge < -0.3 is 15.0 Å². The third kappa shape index (κ3) is 4.74. The zero-order valence-corrected chi connectivity index (χ0v) is 19.4. The lowest BCUT2D eigenvalue weighted by Crippen LogP contribution is -2.43. The number of fused-ring (bicyclic) bond motifs is 1. The molecule has 172 valence electrons. The van der Waals surface area contributed by atoms with Crippen molar-refractivity contribution in [2.45, 2.75) is 59.4 Å². The molecule has 0 aliphatic heterocycles. The van der Waals surface area contributed by atoms with Crippen molar-refractivity contribution >= 4 is 46.0 Å². The van der Waals surface area contributed by atoms with Gasteiger partial charge in [-0.2, -0.15) is 0 Å². The molecule has 0 aliphatic carbocycles. The Hall–Kier alpha value is -2.62. The second kappa shape index (κ2) is 10.3. The van der Waals surface area contributed by atoms with Crippen LogP contribution in [-0.4, -0.2) is 29.7 Å². The number of aliphatic hydroxyl groups is 1. The fraction of sp³-hybridized carbons (Fsp3) is 0.429. The summed E-state index contributed by atoms with van der Waals surface area (Å²) in [5.74, 6) is -0.255. The van der Waals surface area contributed by atoms with Crippen LogP contribution >= 0.6 is 23.2 Å². The minimum Gasteiger partial charge on any atom is -0.388 e. The third-order valence-electron chi connectivity index (χ3n) is 5.02. The molecule has 2 N–H and O–H groups in total. The van der Waals surface area contributed by atoms with Crippen molar-refractivity contribution in [3.05, 3.63) is 54.9 Å². The molecule has 0 aliphatic rings. The van der Waals surface area contributed by atoms with E-state index in [0.717, 1.165) is 11.0 Å². The molecule has 0 bridgehead atoms. The summed E-state index contributed by atoms with van der Waals surface area (Å²) in [7, 11) is 0. The monoisotopic (exact) mass is 481 g/mol. The first-order chi connectivity index (χ1) is 15.3. The summed E-state index contributed by atoms with van der Waals surface area (Å²) >= 11 is 11.9. The van der Waals surface area contributed by atoms with Crippen molar-refractivity contribution in [3.8, 4) is 0 Å². The Labute approximate surface area is 194 Å². The summed E-state index contributed by atoms with van der Waals surface area (Å²) in [6.45, 7) is 3.86. The van der Waals surface area contributed by atoms with Crippen LogP contribution in [-0.2, 0) is 31.0 Å². The van der Waals surface area contributed by atoms with E-state index in [2.05, 4.69) is 10.3 Å².